The van der Waals surface area contributed by atoms with Gasteiger partial charge in [-0.3, -0.25) is 0 Å². The number of nitrogens with zero attached hydrogens (tertiary/aromatic N) is 2. The molecule has 7 heteroatoms. The average molecular weight is 236 g/mol. The van der Waals surface area contributed by atoms with Gasteiger partial charge < -0.3 is 9.29 Å². The maximum Gasteiger partial charge on any atom is 0.245 e. The summed E-state index contributed by atoms with van der Waals surface area (Å²) in [6.07, 6.45) is 6.67. The number of aromatic nitrogens is 2. The lowest BCUT2D eigenvalue weighted by molar-refractivity contribution is -0.756. The Morgan fingerprint density at radius 1 is 1.53 bits per heavy atom. The molecule has 0 amide bonds. The van der Waals surface area contributed by atoms with Crippen molar-refractivity contribution in [2.45, 2.75) is 13.2 Å². The summed E-state index contributed by atoms with van der Waals surface area (Å²) in [6.45, 7) is 2.00. The van der Waals surface area contributed by atoms with Crippen LogP contribution in [0.4, 0.5) is 0 Å². The van der Waals surface area contributed by atoms with Gasteiger partial charge in [0.05, 0.1) is 17.2 Å². The maximum absolute atomic E-state index is 9.08. The molecule has 1 rings (SSSR count). The van der Waals surface area contributed by atoms with E-state index in [1.54, 1.807) is 7.11 Å². The van der Waals surface area contributed by atoms with Crippen molar-refractivity contribution in [2.75, 3.05) is 13.4 Å². The van der Waals surface area contributed by atoms with Crippen molar-refractivity contribution < 1.29 is 22.3 Å². The third-order valence-corrected chi connectivity index (χ3v) is 1.55. The molecule has 1 unspecified atom stereocenters. The molecule has 0 aliphatic carbocycles. The number of methoxy groups -OCH3 is 1. The summed E-state index contributed by atoms with van der Waals surface area (Å²) >= 11 is 0. The molecule has 15 heavy (non-hydrogen) atoms. The highest BCUT2D eigenvalue weighted by Crippen LogP contribution is 1.92. The lowest BCUT2D eigenvalue weighted by Crippen LogP contribution is -2.36. The second-order valence-corrected chi connectivity index (χ2v) is 4.47. The predicted octanol–water partition coefficient (Wildman–Crippen LogP) is -0.361. The van der Waals surface area contributed by atoms with Crippen LogP contribution in [0.5, 0.6) is 0 Å². The second kappa shape index (κ2) is 5.84. The molecule has 6 nitrogen and oxygen atoms in total. The number of aryl methyl sites for hydroxylation is 1. The Labute approximate surface area is 89.9 Å². The van der Waals surface area contributed by atoms with Gasteiger partial charge in [0.1, 0.15) is 12.4 Å². The summed E-state index contributed by atoms with van der Waals surface area (Å²) in [6, 6.07) is 0. The maximum atomic E-state index is 9.08. The number of hydrogen-bond donors (Lipinski definition) is 0. The average Bonchev–Trinajstić information content (AvgIpc) is 2.47. The summed E-state index contributed by atoms with van der Waals surface area (Å²) in [5, 5.41) is 0. The zero-order valence-electron chi connectivity index (χ0n) is 9.25. The molecular formula is C8H16N2O4S. The SMILES string of the molecule is COC(C)[n+]1ccn(C)c1.CS(=O)(=O)[O-]. The minimum Gasteiger partial charge on any atom is -0.748 e. The van der Waals surface area contributed by atoms with Crippen LogP contribution < -0.4 is 4.57 Å². The van der Waals surface area contributed by atoms with Crippen LogP contribution in [0.1, 0.15) is 13.2 Å². The normalized spacial score (nSPS) is 12.9. The lowest BCUT2D eigenvalue weighted by atomic mass is 10.6. The Kier molecular flexibility index (Phi) is 5.48. The van der Waals surface area contributed by atoms with E-state index in [1.807, 2.05) is 41.8 Å². The molecule has 0 aliphatic rings. The molecule has 1 aromatic heterocycles. The molecule has 0 aliphatic heterocycles. The van der Waals surface area contributed by atoms with Crippen molar-refractivity contribution in [2.24, 2.45) is 7.05 Å². The Morgan fingerprint density at radius 2 is 2.00 bits per heavy atom. The number of ether oxygens (including phenoxy) is 1. The largest absolute Gasteiger partial charge is 0.748 e. The number of hydrogen-bond acceptors (Lipinski definition) is 4. The summed E-state index contributed by atoms with van der Waals surface area (Å²) in [5.41, 5.74) is 0. The first-order chi connectivity index (χ1) is 6.74. The Bertz CT molecular complexity index is 377. The molecule has 0 radical (unpaired) electrons. The molecule has 0 saturated carbocycles. The molecule has 1 atom stereocenters. The number of imidazole rings is 1. The molecule has 1 heterocycles. The van der Waals surface area contributed by atoms with Crippen LogP contribution in [0.2, 0.25) is 0 Å². The van der Waals surface area contributed by atoms with E-state index in [-0.39, 0.29) is 6.23 Å². The highest BCUT2D eigenvalue weighted by atomic mass is 32.2. The molecule has 0 spiro atoms. The van der Waals surface area contributed by atoms with Crippen LogP contribution in [0.15, 0.2) is 18.7 Å². The zero-order chi connectivity index (χ0) is 12.1. The second-order valence-electron chi connectivity index (χ2n) is 3.07. The van der Waals surface area contributed by atoms with E-state index in [1.165, 1.54) is 0 Å². The monoisotopic (exact) mass is 236 g/mol. The minimum atomic E-state index is -3.92. The van der Waals surface area contributed by atoms with Crippen molar-refractivity contribution in [3.05, 3.63) is 18.7 Å². The first-order valence-corrected chi connectivity index (χ1v) is 6.02. The van der Waals surface area contributed by atoms with Gasteiger partial charge in [-0.1, -0.05) is 0 Å². The predicted molar refractivity (Wildman–Crippen MR) is 52.9 cm³/mol. The van der Waals surface area contributed by atoms with Crippen molar-refractivity contribution >= 4 is 10.1 Å². The summed E-state index contributed by atoms with van der Waals surface area (Å²) in [5.74, 6) is 0. The van der Waals surface area contributed by atoms with Gasteiger partial charge in [0.2, 0.25) is 6.33 Å². The van der Waals surface area contributed by atoms with Gasteiger partial charge >= 0.3 is 0 Å². The van der Waals surface area contributed by atoms with E-state index in [0.29, 0.717) is 6.26 Å². The van der Waals surface area contributed by atoms with Gasteiger partial charge in [0.25, 0.3) is 0 Å². The summed E-state index contributed by atoms with van der Waals surface area (Å²) < 4.78 is 36.3. The number of rotatable bonds is 2. The zero-order valence-corrected chi connectivity index (χ0v) is 10.1. The Morgan fingerprint density at radius 3 is 2.27 bits per heavy atom. The fraction of sp³-hybridized carbons (Fsp3) is 0.625. The van der Waals surface area contributed by atoms with Crippen molar-refractivity contribution in [3.63, 3.8) is 0 Å². The molecule has 0 fully saturated rings. The lowest BCUT2D eigenvalue weighted by Gasteiger charge is -2.02. The van der Waals surface area contributed by atoms with Crippen LogP contribution in [-0.4, -0.2) is 30.9 Å². The highest BCUT2D eigenvalue weighted by molar-refractivity contribution is 7.84. The Hall–Kier alpha value is -0.920. The van der Waals surface area contributed by atoms with Gasteiger partial charge in [-0.25, -0.2) is 17.6 Å². The summed E-state index contributed by atoms with van der Waals surface area (Å²) in [7, 11) is -0.233. The quantitative estimate of drug-likeness (QED) is 0.519. The van der Waals surface area contributed by atoms with Crippen molar-refractivity contribution in [3.8, 4) is 0 Å². The molecule has 0 N–H and O–H groups in total. The van der Waals surface area contributed by atoms with Gasteiger partial charge in [-0.15, -0.1) is 0 Å². The van der Waals surface area contributed by atoms with Crippen LogP contribution in [0, 0.1) is 0 Å². The molecule has 0 bridgehead atoms. The standard InChI is InChI=1S/C7H13N2O.CH4O3S/c1-7(10-3)9-5-4-8(2)6-9;1-5(2,3)4/h4-7H,1-3H3;1H3,(H,2,3,4)/q+1;/p-1. The first kappa shape index (κ1) is 14.1. The van der Waals surface area contributed by atoms with Crippen LogP contribution in [0.25, 0.3) is 0 Å². The highest BCUT2D eigenvalue weighted by Gasteiger charge is 2.06. The third kappa shape index (κ3) is 8.10. The molecule has 88 valence electrons. The fourth-order valence-electron chi connectivity index (χ4n) is 0.806. The minimum absolute atomic E-state index is 0.126. The van der Waals surface area contributed by atoms with Crippen LogP contribution >= 0.6 is 0 Å². The van der Waals surface area contributed by atoms with E-state index in [4.69, 9.17) is 17.7 Å². The van der Waals surface area contributed by atoms with Crippen molar-refractivity contribution in [1.29, 1.82) is 0 Å². The van der Waals surface area contributed by atoms with Crippen molar-refractivity contribution in [1.82, 2.24) is 4.57 Å². The third-order valence-electron chi connectivity index (χ3n) is 1.55. The van der Waals surface area contributed by atoms with E-state index >= 15 is 0 Å². The van der Waals surface area contributed by atoms with Crippen LogP contribution in [-0.2, 0) is 21.9 Å². The van der Waals surface area contributed by atoms with E-state index in [9.17, 15) is 0 Å². The van der Waals surface area contributed by atoms with Gasteiger partial charge in [-0.05, 0) is 0 Å². The van der Waals surface area contributed by atoms with Gasteiger partial charge in [0, 0.05) is 20.3 Å². The van der Waals surface area contributed by atoms with E-state index < -0.39 is 10.1 Å². The molecule has 1 aromatic rings. The van der Waals surface area contributed by atoms with Gasteiger partial charge in [0.15, 0.2) is 6.23 Å². The Balaban J connectivity index is 0.000000336. The summed E-state index contributed by atoms with van der Waals surface area (Å²) in [4.78, 5) is 0. The van der Waals surface area contributed by atoms with Gasteiger partial charge in [-0.2, -0.15) is 0 Å². The van der Waals surface area contributed by atoms with E-state index in [2.05, 4.69) is 0 Å². The molecule has 0 aromatic carbocycles. The molecule has 0 saturated heterocycles. The van der Waals surface area contributed by atoms with Crippen LogP contribution in [0.3, 0.4) is 0 Å². The van der Waals surface area contributed by atoms with E-state index in [0.717, 1.165) is 0 Å². The molecular weight excluding hydrogens is 220 g/mol. The fourth-order valence-corrected chi connectivity index (χ4v) is 0.806. The smallest absolute Gasteiger partial charge is 0.245 e. The first-order valence-electron chi connectivity index (χ1n) is 4.20. The topological polar surface area (TPSA) is 75.2 Å².